The van der Waals surface area contributed by atoms with Gasteiger partial charge >= 0.3 is 0 Å². The largest absolute Gasteiger partial charge is 0.305 e. The van der Waals surface area contributed by atoms with Gasteiger partial charge in [0.2, 0.25) is 0 Å². The van der Waals surface area contributed by atoms with Gasteiger partial charge in [-0.2, -0.15) is 5.10 Å². The Hall–Kier alpha value is -1.37. The van der Waals surface area contributed by atoms with Gasteiger partial charge in [0, 0.05) is 12.2 Å². The lowest BCUT2D eigenvalue weighted by molar-refractivity contribution is 0.0952. The van der Waals surface area contributed by atoms with E-state index >= 15 is 0 Å². The summed E-state index contributed by atoms with van der Waals surface area (Å²) in [7, 11) is 0. The number of fused-ring (bicyclic) bond motifs is 1. The maximum Gasteiger partial charge on any atom is 0.277 e. The van der Waals surface area contributed by atoms with Crippen LogP contribution in [-0.4, -0.2) is 22.2 Å². The highest BCUT2D eigenvalue weighted by molar-refractivity contribution is 14.1. The molecule has 1 aromatic heterocycles. The molecule has 0 saturated carbocycles. The molecule has 0 fully saturated rings. The molecule has 4 nitrogen and oxygen atoms in total. The predicted molar refractivity (Wildman–Crippen MR) is 77.8 cm³/mol. The molecule has 0 N–H and O–H groups in total. The van der Waals surface area contributed by atoms with Gasteiger partial charge in [-0.1, -0.05) is 18.2 Å². The summed E-state index contributed by atoms with van der Waals surface area (Å²) in [6.45, 7) is 2.74. The fourth-order valence-electron chi connectivity index (χ4n) is 2.26. The Morgan fingerprint density at radius 1 is 1.33 bits per heavy atom. The third-order valence-corrected chi connectivity index (χ3v) is 3.92. The molecule has 92 valence electrons. The number of halogens is 1. The van der Waals surface area contributed by atoms with Crippen LogP contribution in [-0.2, 0) is 0 Å². The Labute approximate surface area is 119 Å². The summed E-state index contributed by atoms with van der Waals surface area (Å²) in [6, 6.07) is 9.97. The lowest BCUT2D eigenvalue weighted by Gasteiger charge is -2.32. The smallest absolute Gasteiger partial charge is 0.277 e. The van der Waals surface area contributed by atoms with Crippen LogP contribution in [0.3, 0.4) is 0 Å². The first-order valence-corrected chi connectivity index (χ1v) is 6.86. The zero-order valence-electron chi connectivity index (χ0n) is 9.88. The van der Waals surface area contributed by atoms with Crippen molar-refractivity contribution in [3.8, 4) is 0 Å². The number of amides is 1. The molecule has 0 bridgehead atoms. The Bertz CT molecular complexity index is 594. The summed E-state index contributed by atoms with van der Waals surface area (Å²) in [5, 5.41) is 4.28. The maximum absolute atomic E-state index is 12.5. The molecular weight excluding hydrogens is 341 g/mol. The molecule has 1 aliphatic heterocycles. The molecule has 0 saturated heterocycles. The molecule has 1 aliphatic rings. The van der Waals surface area contributed by atoms with Crippen LogP contribution in [0.4, 0.5) is 5.69 Å². The second-order valence-corrected chi connectivity index (χ2v) is 5.55. The molecule has 0 radical (unpaired) electrons. The Morgan fingerprint density at radius 3 is 2.78 bits per heavy atom. The summed E-state index contributed by atoms with van der Waals surface area (Å²) in [5.74, 6) is 0.0289. The van der Waals surface area contributed by atoms with Crippen LogP contribution in [0.5, 0.6) is 0 Å². The van der Waals surface area contributed by atoms with E-state index in [9.17, 15) is 4.79 Å². The zero-order chi connectivity index (χ0) is 12.7. The van der Waals surface area contributed by atoms with Crippen molar-refractivity contribution in [1.29, 1.82) is 0 Å². The van der Waals surface area contributed by atoms with Gasteiger partial charge in [0.25, 0.3) is 5.91 Å². The van der Waals surface area contributed by atoms with Crippen molar-refractivity contribution in [1.82, 2.24) is 9.78 Å². The summed E-state index contributed by atoms with van der Waals surface area (Å²) in [5.41, 5.74) is 1.64. The first kappa shape index (κ1) is 11.7. The van der Waals surface area contributed by atoms with Gasteiger partial charge in [0.15, 0.2) is 0 Å². The van der Waals surface area contributed by atoms with Gasteiger partial charge in [0.1, 0.15) is 5.69 Å². The van der Waals surface area contributed by atoms with E-state index in [0.717, 1.165) is 9.26 Å². The minimum atomic E-state index is 0.0289. The summed E-state index contributed by atoms with van der Waals surface area (Å²) >= 11 is 2.16. The number of anilines is 1. The van der Waals surface area contributed by atoms with E-state index in [2.05, 4.69) is 34.6 Å². The number of para-hydroxylation sites is 1. The van der Waals surface area contributed by atoms with E-state index in [1.807, 2.05) is 39.9 Å². The van der Waals surface area contributed by atoms with E-state index in [0.29, 0.717) is 12.2 Å². The van der Waals surface area contributed by atoms with Crippen molar-refractivity contribution >= 4 is 34.2 Å². The van der Waals surface area contributed by atoms with Crippen molar-refractivity contribution in [3.63, 3.8) is 0 Å². The van der Waals surface area contributed by atoms with Crippen LogP contribution < -0.4 is 4.90 Å². The highest BCUT2D eigenvalue weighted by Crippen LogP contribution is 2.27. The average molecular weight is 353 g/mol. The molecule has 0 spiro atoms. The number of benzene rings is 1. The molecule has 3 rings (SSSR count). The van der Waals surface area contributed by atoms with Crippen molar-refractivity contribution in [3.05, 3.63) is 45.8 Å². The third kappa shape index (κ3) is 1.73. The van der Waals surface area contributed by atoms with Gasteiger partial charge < -0.3 is 4.90 Å². The first-order valence-electron chi connectivity index (χ1n) is 5.78. The quantitative estimate of drug-likeness (QED) is 0.740. The SMILES string of the molecule is C[C@H]1CN(c2ccccc2)C(=O)c2c(I)cnn21. The number of hydrogen-bond donors (Lipinski definition) is 0. The fraction of sp³-hybridized carbons (Fsp3) is 0.231. The second kappa shape index (κ2) is 4.38. The first-order chi connectivity index (χ1) is 8.68. The summed E-state index contributed by atoms with van der Waals surface area (Å²) < 4.78 is 2.73. The van der Waals surface area contributed by atoms with E-state index < -0.39 is 0 Å². The highest BCUT2D eigenvalue weighted by Gasteiger charge is 2.32. The minimum Gasteiger partial charge on any atom is -0.305 e. The van der Waals surface area contributed by atoms with E-state index in [-0.39, 0.29) is 11.9 Å². The van der Waals surface area contributed by atoms with E-state index in [1.54, 1.807) is 6.20 Å². The third-order valence-electron chi connectivity index (χ3n) is 3.13. The molecule has 2 heterocycles. The van der Waals surface area contributed by atoms with Crippen LogP contribution in [0.15, 0.2) is 36.5 Å². The maximum atomic E-state index is 12.5. The molecule has 18 heavy (non-hydrogen) atoms. The number of rotatable bonds is 1. The molecule has 2 aromatic rings. The predicted octanol–water partition coefficient (Wildman–Crippen LogP) is 2.71. The molecule has 0 aliphatic carbocycles. The zero-order valence-corrected chi connectivity index (χ0v) is 12.0. The Kier molecular flexibility index (Phi) is 2.85. The normalized spacial score (nSPS) is 18.9. The van der Waals surface area contributed by atoms with Crippen LogP contribution in [0.1, 0.15) is 23.5 Å². The molecule has 5 heteroatoms. The summed E-state index contributed by atoms with van der Waals surface area (Å²) in [4.78, 5) is 14.3. The lowest BCUT2D eigenvalue weighted by Crippen LogP contribution is -2.42. The van der Waals surface area contributed by atoms with Crippen molar-refractivity contribution in [2.75, 3.05) is 11.4 Å². The summed E-state index contributed by atoms with van der Waals surface area (Å²) in [6.07, 6.45) is 1.75. The Balaban J connectivity index is 2.07. The van der Waals surface area contributed by atoms with Gasteiger partial charge in [-0.3, -0.25) is 9.48 Å². The fourth-order valence-corrected chi connectivity index (χ4v) is 2.86. The van der Waals surface area contributed by atoms with Crippen LogP contribution in [0, 0.1) is 3.57 Å². The van der Waals surface area contributed by atoms with Crippen molar-refractivity contribution in [2.45, 2.75) is 13.0 Å². The molecule has 1 aromatic carbocycles. The van der Waals surface area contributed by atoms with Crippen molar-refractivity contribution in [2.24, 2.45) is 0 Å². The molecule has 1 amide bonds. The number of carbonyl (C=O) groups is 1. The van der Waals surface area contributed by atoms with Crippen LogP contribution in [0.2, 0.25) is 0 Å². The van der Waals surface area contributed by atoms with Gasteiger partial charge in [-0.05, 0) is 41.6 Å². The number of aromatic nitrogens is 2. The number of hydrogen-bond acceptors (Lipinski definition) is 2. The van der Waals surface area contributed by atoms with Gasteiger partial charge in [-0.25, -0.2) is 0 Å². The monoisotopic (exact) mass is 353 g/mol. The van der Waals surface area contributed by atoms with E-state index in [1.165, 1.54) is 0 Å². The van der Waals surface area contributed by atoms with Crippen LogP contribution in [0.25, 0.3) is 0 Å². The van der Waals surface area contributed by atoms with Crippen LogP contribution >= 0.6 is 22.6 Å². The second-order valence-electron chi connectivity index (χ2n) is 4.39. The molecular formula is C13H12IN3O. The van der Waals surface area contributed by atoms with Crippen molar-refractivity contribution < 1.29 is 4.79 Å². The topological polar surface area (TPSA) is 38.1 Å². The highest BCUT2D eigenvalue weighted by atomic mass is 127. The standard InChI is InChI=1S/C13H12IN3O/c1-9-8-16(10-5-3-2-4-6-10)13(18)12-11(14)7-15-17(9)12/h2-7,9H,8H2,1H3/t9-/m0/s1. The molecule has 1 atom stereocenters. The number of carbonyl (C=O) groups excluding carboxylic acids is 1. The molecule has 0 unspecified atom stereocenters. The van der Waals surface area contributed by atoms with Gasteiger partial charge in [0.05, 0.1) is 15.8 Å². The van der Waals surface area contributed by atoms with E-state index in [4.69, 9.17) is 0 Å². The average Bonchev–Trinajstić information content (AvgIpc) is 2.78. The lowest BCUT2D eigenvalue weighted by atomic mass is 10.1. The minimum absolute atomic E-state index is 0.0289. The Morgan fingerprint density at radius 2 is 2.06 bits per heavy atom. The number of nitrogens with zero attached hydrogens (tertiary/aromatic N) is 3. The van der Waals surface area contributed by atoms with Gasteiger partial charge in [-0.15, -0.1) is 0 Å².